The number of hydrazone groups is 1. The van der Waals surface area contributed by atoms with E-state index in [2.05, 4.69) is 47.1 Å². The highest BCUT2D eigenvalue weighted by Gasteiger charge is 2.31. The molecule has 0 saturated carbocycles. The van der Waals surface area contributed by atoms with Crippen LogP contribution in [0.3, 0.4) is 0 Å². The molecule has 0 spiro atoms. The number of halogens is 1. The van der Waals surface area contributed by atoms with Gasteiger partial charge < -0.3 is 5.11 Å². The van der Waals surface area contributed by atoms with Crippen molar-refractivity contribution in [3.8, 4) is 5.75 Å². The summed E-state index contributed by atoms with van der Waals surface area (Å²) >= 11 is 3.52. The average Bonchev–Trinajstić information content (AvgIpc) is 3.10. The van der Waals surface area contributed by atoms with Crippen molar-refractivity contribution >= 4 is 27.3 Å². The molecule has 0 aliphatic carbocycles. The molecule has 1 aliphatic rings. The first kappa shape index (κ1) is 16.9. The van der Waals surface area contributed by atoms with E-state index >= 15 is 0 Å². The molecule has 1 atom stereocenters. The minimum Gasteiger partial charge on any atom is -0.508 e. The van der Waals surface area contributed by atoms with E-state index in [-0.39, 0.29) is 6.04 Å². The van der Waals surface area contributed by atoms with Crippen LogP contribution < -0.4 is 5.01 Å². The maximum atomic E-state index is 10.5. The van der Waals surface area contributed by atoms with Crippen LogP contribution in [0.1, 0.15) is 29.2 Å². The number of benzene rings is 3. The maximum absolute atomic E-state index is 10.5. The van der Waals surface area contributed by atoms with Gasteiger partial charge in [-0.3, -0.25) is 5.01 Å². The number of aromatic hydroxyl groups is 1. The molecule has 4 rings (SSSR count). The number of hydrogen-bond acceptors (Lipinski definition) is 3. The van der Waals surface area contributed by atoms with E-state index in [0.717, 1.165) is 33.4 Å². The second-order valence-corrected chi connectivity index (χ2v) is 7.43. The molecule has 0 fully saturated rings. The number of hydrogen-bond donors (Lipinski definition) is 1. The minimum atomic E-state index is -0.0498. The number of nitrogens with zero attached hydrogens (tertiary/aromatic N) is 2. The topological polar surface area (TPSA) is 35.8 Å². The number of rotatable bonds is 3. The van der Waals surface area contributed by atoms with Gasteiger partial charge in [0.05, 0.1) is 17.4 Å². The van der Waals surface area contributed by atoms with Crippen molar-refractivity contribution in [2.24, 2.45) is 5.10 Å². The second kappa shape index (κ2) is 6.96. The first-order valence-electron chi connectivity index (χ1n) is 8.59. The van der Waals surface area contributed by atoms with Gasteiger partial charge in [-0.15, -0.1) is 0 Å². The van der Waals surface area contributed by atoms with E-state index in [1.807, 2.05) is 47.5 Å². The lowest BCUT2D eigenvalue weighted by Crippen LogP contribution is -2.18. The smallest absolute Gasteiger partial charge is 0.121 e. The third kappa shape index (κ3) is 3.25. The lowest BCUT2D eigenvalue weighted by molar-refractivity contribution is 0.461. The summed E-state index contributed by atoms with van der Waals surface area (Å²) in [7, 11) is 0. The van der Waals surface area contributed by atoms with Crippen molar-refractivity contribution in [2.45, 2.75) is 19.4 Å². The molecule has 0 radical (unpaired) electrons. The monoisotopic (exact) mass is 406 g/mol. The molecule has 0 saturated heterocycles. The van der Waals surface area contributed by atoms with Crippen molar-refractivity contribution in [3.63, 3.8) is 0 Å². The number of anilines is 1. The van der Waals surface area contributed by atoms with E-state index in [9.17, 15) is 5.11 Å². The summed E-state index contributed by atoms with van der Waals surface area (Å²) in [5.74, 6) is 0.291. The Bertz CT molecular complexity index is 952. The van der Waals surface area contributed by atoms with Gasteiger partial charge in [0.15, 0.2) is 0 Å². The lowest BCUT2D eigenvalue weighted by atomic mass is 9.97. The molecule has 3 aromatic rings. The van der Waals surface area contributed by atoms with Gasteiger partial charge in [0.2, 0.25) is 0 Å². The van der Waals surface area contributed by atoms with Crippen LogP contribution in [0.5, 0.6) is 5.75 Å². The summed E-state index contributed by atoms with van der Waals surface area (Å²) in [5.41, 5.74) is 5.26. The van der Waals surface area contributed by atoms with E-state index in [0.29, 0.717) is 5.75 Å². The molecule has 26 heavy (non-hydrogen) atoms. The summed E-state index contributed by atoms with van der Waals surface area (Å²) in [6.07, 6.45) is 0.738. The maximum Gasteiger partial charge on any atom is 0.121 e. The molecular formula is C22H19BrN2O. The average molecular weight is 407 g/mol. The predicted octanol–water partition coefficient (Wildman–Crippen LogP) is 5.82. The van der Waals surface area contributed by atoms with Gasteiger partial charge in [0.1, 0.15) is 5.75 Å². The molecule has 1 unspecified atom stereocenters. The fourth-order valence-corrected chi connectivity index (χ4v) is 3.66. The largest absolute Gasteiger partial charge is 0.508 e. The Kier molecular flexibility index (Phi) is 4.51. The normalized spacial score (nSPS) is 16.6. The van der Waals surface area contributed by atoms with Crippen LogP contribution in [0.25, 0.3) is 0 Å². The van der Waals surface area contributed by atoms with Crippen LogP contribution in [0.15, 0.2) is 82.4 Å². The summed E-state index contributed by atoms with van der Waals surface area (Å²) < 4.78 is 0.946. The van der Waals surface area contributed by atoms with Gasteiger partial charge >= 0.3 is 0 Å². The Morgan fingerprint density at radius 3 is 2.46 bits per heavy atom. The summed E-state index contributed by atoms with van der Waals surface area (Å²) in [6, 6.07) is 24.0. The molecule has 1 heterocycles. The standard InChI is InChI=1S/C22H19BrN2O/c1-15-7-9-16(10-8-15)20-14-21(19-13-17(23)11-12-22(19)26)25(24-20)18-5-3-2-4-6-18/h2-13,21,26H,14H2,1H3. The van der Waals surface area contributed by atoms with E-state index in [1.165, 1.54) is 5.56 Å². The zero-order valence-electron chi connectivity index (χ0n) is 14.4. The van der Waals surface area contributed by atoms with Crippen LogP contribution in [-0.2, 0) is 0 Å². The Labute approximate surface area is 161 Å². The molecule has 3 aromatic carbocycles. The van der Waals surface area contributed by atoms with Crippen molar-refractivity contribution in [2.75, 3.05) is 5.01 Å². The lowest BCUT2D eigenvalue weighted by Gasteiger charge is -2.24. The Balaban J connectivity index is 1.78. The third-order valence-corrected chi connectivity index (χ3v) is 5.16. The van der Waals surface area contributed by atoms with Gasteiger partial charge in [-0.05, 0) is 42.8 Å². The summed E-state index contributed by atoms with van der Waals surface area (Å²) in [5, 5.41) is 17.4. The molecule has 4 heteroatoms. The van der Waals surface area contributed by atoms with Crippen LogP contribution >= 0.6 is 15.9 Å². The fraction of sp³-hybridized carbons (Fsp3) is 0.136. The highest BCUT2D eigenvalue weighted by atomic mass is 79.9. The Morgan fingerprint density at radius 1 is 1.00 bits per heavy atom. The zero-order valence-corrected chi connectivity index (χ0v) is 16.0. The third-order valence-electron chi connectivity index (χ3n) is 4.66. The van der Waals surface area contributed by atoms with Gasteiger partial charge in [-0.1, -0.05) is 64.0 Å². The van der Waals surface area contributed by atoms with Crippen molar-refractivity contribution in [3.05, 3.63) is 94.0 Å². The first-order chi connectivity index (χ1) is 12.6. The molecule has 130 valence electrons. The van der Waals surface area contributed by atoms with E-state index in [1.54, 1.807) is 6.07 Å². The van der Waals surface area contributed by atoms with E-state index in [4.69, 9.17) is 5.10 Å². The van der Waals surface area contributed by atoms with Crippen molar-refractivity contribution in [1.29, 1.82) is 0 Å². The molecule has 1 aliphatic heterocycles. The molecule has 0 amide bonds. The predicted molar refractivity (Wildman–Crippen MR) is 110 cm³/mol. The molecule has 0 aromatic heterocycles. The van der Waals surface area contributed by atoms with Gasteiger partial charge in [-0.2, -0.15) is 5.10 Å². The van der Waals surface area contributed by atoms with Crippen molar-refractivity contribution in [1.82, 2.24) is 0 Å². The summed E-state index contributed by atoms with van der Waals surface area (Å²) in [6.45, 7) is 2.08. The van der Waals surface area contributed by atoms with Crippen LogP contribution in [-0.4, -0.2) is 10.8 Å². The molecule has 1 N–H and O–H groups in total. The summed E-state index contributed by atoms with van der Waals surface area (Å²) in [4.78, 5) is 0. The Morgan fingerprint density at radius 2 is 1.73 bits per heavy atom. The van der Waals surface area contributed by atoms with Crippen LogP contribution in [0.4, 0.5) is 5.69 Å². The van der Waals surface area contributed by atoms with Gasteiger partial charge in [0, 0.05) is 16.5 Å². The second-order valence-electron chi connectivity index (χ2n) is 6.52. The van der Waals surface area contributed by atoms with Gasteiger partial charge in [-0.25, -0.2) is 0 Å². The quantitative estimate of drug-likeness (QED) is 0.594. The van der Waals surface area contributed by atoms with Crippen molar-refractivity contribution < 1.29 is 5.11 Å². The highest BCUT2D eigenvalue weighted by molar-refractivity contribution is 9.10. The number of aryl methyl sites for hydroxylation is 1. The van der Waals surface area contributed by atoms with Gasteiger partial charge in [0.25, 0.3) is 0 Å². The molecule has 3 nitrogen and oxygen atoms in total. The molecule has 0 bridgehead atoms. The van der Waals surface area contributed by atoms with Crippen LogP contribution in [0, 0.1) is 6.92 Å². The molecular weight excluding hydrogens is 388 g/mol. The SMILES string of the molecule is Cc1ccc(C2=NN(c3ccccc3)C(c3cc(Br)ccc3O)C2)cc1. The highest BCUT2D eigenvalue weighted by Crippen LogP contribution is 2.40. The number of phenolic OH excluding ortho intramolecular Hbond substituents is 1. The zero-order chi connectivity index (χ0) is 18.1. The number of para-hydroxylation sites is 1. The minimum absolute atomic E-state index is 0.0498. The fourth-order valence-electron chi connectivity index (χ4n) is 3.28. The number of phenols is 1. The first-order valence-corrected chi connectivity index (χ1v) is 9.38. The Hall–Kier alpha value is -2.59. The van der Waals surface area contributed by atoms with Crippen LogP contribution in [0.2, 0.25) is 0 Å². The van der Waals surface area contributed by atoms with E-state index < -0.39 is 0 Å².